The van der Waals surface area contributed by atoms with Gasteiger partial charge in [0.2, 0.25) is 0 Å². The number of fused-ring (bicyclic) bond motifs is 1. The lowest BCUT2D eigenvalue weighted by atomic mass is 9.85. The number of aliphatic imine (C=N–C) groups is 1. The number of ether oxygens (including phenoxy) is 2. The first-order valence-electron chi connectivity index (χ1n) is 11.1. The zero-order valence-electron chi connectivity index (χ0n) is 19.8. The number of rotatable bonds is 7. The average Bonchev–Trinajstić information content (AvgIpc) is 2.83. The molecule has 1 aliphatic heterocycles. The van der Waals surface area contributed by atoms with Gasteiger partial charge in [0.15, 0.2) is 5.78 Å². The van der Waals surface area contributed by atoms with Crippen LogP contribution in [0.1, 0.15) is 52.1 Å². The average molecular weight is 457 g/mol. The smallest absolute Gasteiger partial charge is 0.255 e. The van der Waals surface area contributed by atoms with Gasteiger partial charge in [0, 0.05) is 16.7 Å². The molecule has 3 aromatic carbocycles. The van der Waals surface area contributed by atoms with Crippen molar-refractivity contribution in [3.63, 3.8) is 0 Å². The molecule has 0 unspecified atom stereocenters. The first-order valence-corrected chi connectivity index (χ1v) is 11.1. The number of hydrogen-bond donors (Lipinski definition) is 1. The number of benzene rings is 3. The predicted octanol–water partition coefficient (Wildman–Crippen LogP) is 5.35. The number of carbonyl (C=O) groups is 2. The van der Waals surface area contributed by atoms with Crippen molar-refractivity contribution in [3.05, 3.63) is 89.0 Å². The Kier molecular flexibility index (Phi) is 6.50. The van der Waals surface area contributed by atoms with Crippen molar-refractivity contribution in [2.24, 2.45) is 4.99 Å². The summed E-state index contributed by atoms with van der Waals surface area (Å²) in [4.78, 5) is 31.0. The minimum atomic E-state index is -0.314. The predicted molar refractivity (Wildman–Crippen MR) is 134 cm³/mol. The Balaban J connectivity index is 1.57. The second-order valence-corrected chi connectivity index (χ2v) is 8.91. The highest BCUT2D eigenvalue weighted by atomic mass is 16.5. The van der Waals surface area contributed by atoms with E-state index in [1.807, 2.05) is 30.3 Å². The molecule has 0 atom stereocenters. The summed E-state index contributed by atoms with van der Waals surface area (Å²) in [6, 6.07) is 19.8. The maximum absolute atomic E-state index is 13.3. The van der Waals surface area contributed by atoms with Gasteiger partial charge in [-0.1, -0.05) is 30.3 Å². The number of para-hydroxylation sites is 2. The van der Waals surface area contributed by atoms with E-state index in [2.05, 4.69) is 19.2 Å². The standard InChI is InChI=1S/C28H28N2O4/c1-28(2)17-20-12-13-21(33-3)15-22(20)24(30-28)16-25(31)18-8-7-9-19(14-18)27(32)29-23-10-5-6-11-26(23)34-4/h5-15H,16-17H2,1-4H3,(H,29,32). The Morgan fingerprint density at radius 3 is 2.47 bits per heavy atom. The van der Waals surface area contributed by atoms with E-state index in [4.69, 9.17) is 14.5 Å². The van der Waals surface area contributed by atoms with E-state index in [0.717, 1.165) is 29.0 Å². The molecule has 4 rings (SSSR count). The minimum Gasteiger partial charge on any atom is -0.497 e. The van der Waals surface area contributed by atoms with Crippen LogP contribution in [0.2, 0.25) is 0 Å². The summed E-state index contributed by atoms with van der Waals surface area (Å²) in [5.41, 5.74) is 3.95. The molecule has 1 aliphatic rings. The molecule has 0 radical (unpaired) electrons. The van der Waals surface area contributed by atoms with Crippen LogP contribution in [0.15, 0.2) is 71.7 Å². The lowest BCUT2D eigenvalue weighted by Gasteiger charge is -2.29. The van der Waals surface area contributed by atoms with E-state index in [-0.39, 0.29) is 23.7 Å². The molecular weight excluding hydrogens is 428 g/mol. The molecule has 3 aromatic rings. The molecule has 0 fully saturated rings. The Labute approximate surface area is 199 Å². The van der Waals surface area contributed by atoms with Crippen molar-refractivity contribution in [1.29, 1.82) is 0 Å². The molecule has 6 heteroatoms. The summed E-state index contributed by atoms with van der Waals surface area (Å²) in [6.07, 6.45) is 0.934. The van der Waals surface area contributed by atoms with Gasteiger partial charge in [0.05, 0.1) is 37.6 Å². The van der Waals surface area contributed by atoms with Crippen LogP contribution in [0.4, 0.5) is 5.69 Å². The highest BCUT2D eigenvalue weighted by Crippen LogP contribution is 2.31. The fraction of sp³-hybridized carbons (Fsp3) is 0.250. The molecule has 0 aromatic heterocycles. The topological polar surface area (TPSA) is 77.0 Å². The van der Waals surface area contributed by atoms with Crippen molar-refractivity contribution in [2.75, 3.05) is 19.5 Å². The molecule has 0 aliphatic carbocycles. The third-order valence-electron chi connectivity index (χ3n) is 5.82. The molecule has 1 amide bonds. The van der Waals surface area contributed by atoms with Gasteiger partial charge in [-0.05, 0) is 62.2 Å². The van der Waals surface area contributed by atoms with Crippen LogP contribution in [0.3, 0.4) is 0 Å². The van der Waals surface area contributed by atoms with Crippen LogP contribution in [-0.2, 0) is 6.42 Å². The van der Waals surface area contributed by atoms with Crippen LogP contribution in [0.5, 0.6) is 11.5 Å². The lowest BCUT2D eigenvalue weighted by Crippen LogP contribution is -2.30. The lowest BCUT2D eigenvalue weighted by molar-refractivity contribution is 0.100. The molecule has 0 saturated carbocycles. The number of Topliss-reactive ketones (excluding diaryl/α,β-unsaturated/α-hetero) is 1. The summed E-state index contributed by atoms with van der Waals surface area (Å²) in [5.74, 6) is 0.881. The molecule has 0 saturated heterocycles. The largest absolute Gasteiger partial charge is 0.497 e. The Hall–Kier alpha value is -3.93. The zero-order chi connectivity index (χ0) is 24.3. The van der Waals surface area contributed by atoms with Crippen LogP contribution >= 0.6 is 0 Å². The van der Waals surface area contributed by atoms with Gasteiger partial charge < -0.3 is 14.8 Å². The first-order chi connectivity index (χ1) is 16.3. The quantitative estimate of drug-likeness (QED) is 0.486. The molecule has 1 N–H and O–H groups in total. The van der Waals surface area contributed by atoms with Crippen LogP contribution in [-0.4, -0.2) is 37.2 Å². The highest BCUT2D eigenvalue weighted by Gasteiger charge is 2.28. The van der Waals surface area contributed by atoms with E-state index in [1.54, 1.807) is 50.6 Å². The molecule has 0 bridgehead atoms. The van der Waals surface area contributed by atoms with Gasteiger partial charge >= 0.3 is 0 Å². The fourth-order valence-electron chi connectivity index (χ4n) is 4.20. The summed E-state index contributed by atoms with van der Waals surface area (Å²) in [7, 11) is 3.17. The minimum absolute atomic E-state index is 0.0999. The Bertz CT molecular complexity index is 1280. The number of anilines is 1. The summed E-state index contributed by atoms with van der Waals surface area (Å²) in [6.45, 7) is 4.13. The van der Waals surface area contributed by atoms with E-state index in [1.165, 1.54) is 0 Å². The van der Waals surface area contributed by atoms with Gasteiger partial charge in [0.25, 0.3) is 5.91 Å². The van der Waals surface area contributed by atoms with Crippen molar-refractivity contribution in [3.8, 4) is 11.5 Å². The van der Waals surface area contributed by atoms with Gasteiger partial charge in [0.1, 0.15) is 11.5 Å². The molecule has 1 heterocycles. The van der Waals surface area contributed by atoms with Crippen molar-refractivity contribution < 1.29 is 19.1 Å². The number of carbonyl (C=O) groups excluding carboxylic acids is 2. The van der Waals surface area contributed by atoms with Crippen molar-refractivity contribution >= 4 is 23.1 Å². The van der Waals surface area contributed by atoms with E-state index in [9.17, 15) is 9.59 Å². The van der Waals surface area contributed by atoms with Crippen molar-refractivity contribution in [1.82, 2.24) is 0 Å². The molecule has 34 heavy (non-hydrogen) atoms. The number of hydrogen-bond acceptors (Lipinski definition) is 5. The van der Waals surface area contributed by atoms with Crippen LogP contribution in [0.25, 0.3) is 0 Å². The van der Waals surface area contributed by atoms with Gasteiger partial charge in [-0.2, -0.15) is 0 Å². The Morgan fingerprint density at radius 2 is 1.71 bits per heavy atom. The van der Waals surface area contributed by atoms with Gasteiger partial charge in [-0.15, -0.1) is 0 Å². The first kappa shape index (κ1) is 23.2. The highest BCUT2D eigenvalue weighted by molar-refractivity contribution is 6.17. The third-order valence-corrected chi connectivity index (χ3v) is 5.82. The fourth-order valence-corrected chi connectivity index (χ4v) is 4.20. The number of amides is 1. The van der Waals surface area contributed by atoms with Crippen molar-refractivity contribution in [2.45, 2.75) is 32.2 Å². The summed E-state index contributed by atoms with van der Waals surface area (Å²) < 4.78 is 10.7. The number of nitrogens with one attached hydrogen (secondary N) is 1. The molecular formula is C28H28N2O4. The summed E-state index contributed by atoms with van der Waals surface area (Å²) in [5, 5.41) is 2.85. The van der Waals surface area contributed by atoms with Crippen LogP contribution in [0, 0.1) is 0 Å². The molecule has 174 valence electrons. The number of methoxy groups -OCH3 is 2. The van der Waals surface area contributed by atoms with Gasteiger partial charge in [-0.25, -0.2) is 0 Å². The van der Waals surface area contributed by atoms with Gasteiger partial charge in [-0.3, -0.25) is 14.6 Å². The molecule has 0 spiro atoms. The van der Waals surface area contributed by atoms with E-state index < -0.39 is 0 Å². The third kappa shape index (κ3) is 5.01. The monoisotopic (exact) mass is 456 g/mol. The van der Waals surface area contributed by atoms with Crippen LogP contribution < -0.4 is 14.8 Å². The number of nitrogens with zero attached hydrogens (tertiary/aromatic N) is 1. The maximum atomic E-state index is 13.3. The SMILES string of the molecule is COc1ccc2c(c1)C(CC(=O)c1cccc(C(=O)Nc3ccccc3OC)c1)=NC(C)(C)C2. The second-order valence-electron chi connectivity index (χ2n) is 8.91. The Morgan fingerprint density at radius 1 is 0.941 bits per heavy atom. The van der Waals surface area contributed by atoms with E-state index >= 15 is 0 Å². The van der Waals surface area contributed by atoms with E-state index in [0.29, 0.717) is 22.6 Å². The molecule has 6 nitrogen and oxygen atoms in total. The summed E-state index contributed by atoms with van der Waals surface area (Å²) >= 11 is 0. The number of ketones is 1. The normalized spacial score (nSPS) is 13.9. The zero-order valence-corrected chi connectivity index (χ0v) is 19.8. The maximum Gasteiger partial charge on any atom is 0.255 e. The second kappa shape index (κ2) is 9.51.